The molecule has 0 aromatic carbocycles. The van der Waals surface area contributed by atoms with Gasteiger partial charge in [-0.15, -0.1) is 0 Å². The molecule has 6 nitrogen and oxygen atoms in total. The third-order valence-corrected chi connectivity index (χ3v) is 2.14. The van der Waals surface area contributed by atoms with Gasteiger partial charge in [0.05, 0.1) is 6.04 Å². The normalized spacial score (nSPS) is 12.4. The fourth-order valence-corrected chi connectivity index (χ4v) is 1.48. The zero-order valence-corrected chi connectivity index (χ0v) is 8.76. The number of carboxylic acid groups (broad SMARTS) is 1. The van der Waals surface area contributed by atoms with Gasteiger partial charge < -0.3 is 15.0 Å². The number of nitrogens with one attached hydrogen (secondary N) is 2. The maximum absolute atomic E-state index is 10.4. The van der Waals surface area contributed by atoms with E-state index in [1.165, 1.54) is 0 Å². The van der Waals surface area contributed by atoms with E-state index in [2.05, 4.69) is 15.5 Å². The summed E-state index contributed by atoms with van der Waals surface area (Å²) in [5.41, 5.74) is 0. The molecule has 0 spiro atoms. The number of aromatic nitrogens is 3. The van der Waals surface area contributed by atoms with Gasteiger partial charge in [-0.3, -0.25) is 5.10 Å². The molecule has 7 heteroatoms. The fourth-order valence-electron chi connectivity index (χ4n) is 1.22. The van der Waals surface area contributed by atoms with Crippen LogP contribution >= 0.6 is 12.2 Å². The Morgan fingerprint density at radius 3 is 3.00 bits per heavy atom. The Kier molecular flexibility index (Phi) is 3.23. The van der Waals surface area contributed by atoms with Crippen LogP contribution in [0.3, 0.4) is 0 Å². The van der Waals surface area contributed by atoms with Gasteiger partial charge in [0.2, 0.25) is 0 Å². The van der Waals surface area contributed by atoms with E-state index >= 15 is 0 Å². The van der Waals surface area contributed by atoms with Gasteiger partial charge in [-0.2, -0.15) is 5.10 Å². The first-order chi connectivity index (χ1) is 6.56. The van der Waals surface area contributed by atoms with E-state index in [0.717, 1.165) is 0 Å². The summed E-state index contributed by atoms with van der Waals surface area (Å²) in [6.45, 7) is 4.30. The molecule has 1 rings (SSSR count). The first-order valence-electron chi connectivity index (χ1n) is 4.20. The van der Waals surface area contributed by atoms with Crippen LogP contribution in [-0.4, -0.2) is 26.0 Å². The highest BCUT2D eigenvalue weighted by molar-refractivity contribution is 7.71. The van der Waals surface area contributed by atoms with E-state index in [4.69, 9.17) is 17.3 Å². The molecular formula is C7H12N4O2S. The zero-order chi connectivity index (χ0) is 10.7. The second kappa shape index (κ2) is 4.23. The average molecular weight is 216 g/mol. The summed E-state index contributed by atoms with van der Waals surface area (Å²) in [5.74, 6) is 0.597. The molecule has 78 valence electrons. The molecule has 0 fully saturated rings. The van der Waals surface area contributed by atoms with Gasteiger partial charge in [0, 0.05) is 6.54 Å². The fraction of sp³-hybridized carbons (Fsp3) is 0.571. The van der Waals surface area contributed by atoms with Crippen LogP contribution in [0.4, 0.5) is 4.79 Å². The number of H-pyrrole nitrogens is 1. The van der Waals surface area contributed by atoms with Gasteiger partial charge in [-0.1, -0.05) is 0 Å². The van der Waals surface area contributed by atoms with E-state index < -0.39 is 6.09 Å². The predicted octanol–water partition coefficient (Wildman–Crippen LogP) is 1.29. The third-order valence-electron chi connectivity index (χ3n) is 1.83. The highest BCUT2D eigenvalue weighted by atomic mass is 32.1. The molecule has 3 N–H and O–H groups in total. The lowest BCUT2D eigenvalue weighted by molar-refractivity contribution is 0.190. The molecule has 14 heavy (non-hydrogen) atoms. The number of carbonyl (C=O) groups is 1. The van der Waals surface area contributed by atoms with Crippen molar-refractivity contribution in [1.29, 1.82) is 0 Å². The van der Waals surface area contributed by atoms with E-state index in [9.17, 15) is 4.79 Å². The van der Waals surface area contributed by atoms with Gasteiger partial charge in [-0.25, -0.2) is 4.79 Å². The van der Waals surface area contributed by atoms with Crippen LogP contribution in [-0.2, 0) is 6.54 Å². The van der Waals surface area contributed by atoms with Gasteiger partial charge >= 0.3 is 6.09 Å². The number of rotatable bonds is 3. The van der Waals surface area contributed by atoms with Crippen molar-refractivity contribution in [3.8, 4) is 0 Å². The Labute approximate surface area is 85.9 Å². The van der Waals surface area contributed by atoms with Crippen LogP contribution in [0.5, 0.6) is 0 Å². The smallest absolute Gasteiger partial charge is 0.405 e. The molecule has 0 radical (unpaired) electrons. The van der Waals surface area contributed by atoms with Crippen molar-refractivity contribution in [2.24, 2.45) is 0 Å². The molecule has 0 aliphatic carbocycles. The molecule has 0 bridgehead atoms. The summed E-state index contributed by atoms with van der Waals surface area (Å²) in [5, 5.41) is 17.4. The molecular weight excluding hydrogens is 204 g/mol. The summed E-state index contributed by atoms with van der Waals surface area (Å²) in [4.78, 5) is 10.4. The molecule has 1 aromatic heterocycles. The number of hydrogen-bond donors (Lipinski definition) is 3. The Morgan fingerprint density at radius 1 is 1.86 bits per heavy atom. The summed E-state index contributed by atoms with van der Waals surface area (Å²) in [6, 6.07) is -0.375. The van der Waals surface area contributed by atoms with Crippen molar-refractivity contribution in [3.05, 3.63) is 10.6 Å². The maximum atomic E-state index is 10.4. The summed E-state index contributed by atoms with van der Waals surface area (Å²) in [7, 11) is 0. The predicted molar refractivity (Wildman–Crippen MR) is 52.7 cm³/mol. The van der Waals surface area contributed by atoms with Crippen molar-refractivity contribution in [2.45, 2.75) is 26.4 Å². The van der Waals surface area contributed by atoms with Crippen LogP contribution in [0.2, 0.25) is 0 Å². The molecule has 1 heterocycles. The van der Waals surface area contributed by atoms with Gasteiger partial charge in [0.15, 0.2) is 10.6 Å². The lowest BCUT2D eigenvalue weighted by Gasteiger charge is -2.11. The van der Waals surface area contributed by atoms with Crippen LogP contribution < -0.4 is 5.32 Å². The highest BCUT2D eigenvalue weighted by Gasteiger charge is 2.14. The topological polar surface area (TPSA) is 82.9 Å². The number of nitrogens with zero attached hydrogens (tertiary/aromatic N) is 2. The van der Waals surface area contributed by atoms with E-state index in [1.807, 2.05) is 6.92 Å². The highest BCUT2D eigenvalue weighted by Crippen LogP contribution is 2.09. The first kappa shape index (κ1) is 10.7. The minimum Gasteiger partial charge on any atom is -0.465 e. The molecule has 1 atom stereocenters. The Bertz CT molecular complexity index is 383. The van der Waals surface area contributed by atoms with Gasteiger partial charge in [0.25, 0.3) is 0 Å². The standard InChI is InChI=1S/C7H12N4O2S/c1-3-11-5(9-10-6(11)14)4(2)8-7(12)13/h4,8H,3H2,1-2H3,(H,10,14)(H,12,13)/t4-/m1/s1. The van der Waals surface area contributed by atoms with Gasteiger partial charge in [0.1, 0.15) is 0 Å². The van der Waals surface area contributed by atoms with E-state index in [0.29, 0.717) is 17.1 Å². The van der Waals surface area contributed by atoms with Crippen molar-refractivity contribution in [1.82, 2.24) is 20.1 Å². The SMILES string of the molecule is CCn1c([C@@H](C)NC(=O)O)n[nH]c1=S. The van der Waals surface area contributed by atoms with Crippen LogP contribution in [0.25, 0.3) is 0 Å². The van der Waals surface area contributed by atoms with Crippen LogP contribution in [0.1, 0.15) is 25.7 Å². The largest absolute Gasteiger partial charge is 0.465 e. The Hall–Kier alpha value is -1.37. The monoisotopic (exact) mass is 216 g/mol. The number of hydrogen-bond acceptors (Lipinski definition) is 3. The molecule has 1 aromatic rings. The molecule has 0 aliphatic rings. The summed E-state index contributed by atoms with van der Waals surface area (Å²) in [6.07, 6.45) is -1.07. The molecule has 0 aliphatic heterocycles. The van der Waals surface area contributed by atoms with Gasteiger partial charge in [-0.05, 0) is 26.1 Å². The molecule has 0 saturated carbocycles. The lowest BCUT2D eigenvalue weighted by atomic mass is 10.3. The van der Waals surface area contributed by atoms with E-state index in [-0.39, 0.29) is 6.04 Å². The minimum absolute atomic E-state index is 0.375. The Morgan fingerprint density at radius 2 is 2.50 bits per heavy atom. The second-order valence-electron chi connectivity index (χ2n) is 2.80. The van der Waals surface area contributed by atoms with Crippen molar-refractivity contribution in [2.75, 3.05) is 0 Å². The van der Waals surface area contributed by atoms with Crippen LogP contribution in [0, 0.1) is 4.77 Å². The number of aromatic amines is 1. The molecule has 1 amide bonds. The number of amides is 1. The average Bonchev–Trinajstić information content (AvgIpc) is 2.45. The van der Waals surface area contributed by atoms with Crippen molar-refractivity contribution < 1.29 is 9.90 Å². The Balaban J connectivity index is 2.94. The third kappa shape index (κ3) is 2.11. The van der Waals surface area contributed by atoms with Crippen molar-refractivity contribution >= 4 is 18.3 Å². The van der Waals surface area contributed by atoms with Crippen molar-refractivity contribution in [3.63, 3.8) is 0 Å². The van der Waals surface area contributed by atoms with E-state index in [1.54, 1.807) is 11.5 Å². The summed E-state index contributed by atoms with van der Waals surface area (Å²) >= 11 is 4.97. The molecule has 0 unspecified atom stereocenters. The minimum atomic E-state index is -1.07. The summed E-state index contributed by atoms with van der Waals surface area (Å²) < 4.78 is 2.25. The lowest BCUT2D eigenvalue weighted by Crippen LogP contribution is -2.26. The molecule has 0 saturated heterocycles. The second-order valence-corrected chi connectivity index (χ2v) is 3.19. The van der Waals surface area contributed by atoms with Crippen LogP contribution in [0.15, 0.2) is 0 Å². The maximum Gasteiger partial charge on any atom is 0.405 e. The first-order valence-corrected chi connectivity index (χ1v) is 4.61. The quantitative estimate of drug-likeness (QED) is 0.665. The zero-order valence-electron chi connectivity index (χ0n) is 7.94.